The third-order valence-electron chi connectivity index (χ3n) is 6.11. The lowest BCUT2D eigenvalue weighted by Gasteiger charge is -2.40. The standard InChI is InChI=1S/C20H20N2O5S/c1-20-11-22(28(24,25)13-7-8-17-18(9-13)27-12-26-17)10-15(20)14-5-3-4-6-16(14)21(2)19(20)23/h3-9,15H,10-12H2,1-2H3/t15-,20-/m1/s1. The molecule has 0 unspecified atom stereocenters. The molecule has 1 saturated heterocycles. The number of carbonyl (C=O) groups is 1. The van der Waals surface area contributed by atoms with Gasteiger partial charge in [-0.2, -0.15) is 4.31 Å². The van der Waals surface area contributed by atoms with Gasteiger partial charge in [-0.25, -0.2) is 8.42 Å². The third kappa shape index (κ3) is 2.24. The second kappa shape index (κ2) is 5.71. The molecular weight excluding hydrogens is 380 g/mol. The Morgan fingerprint density at radius 1 is 1.11 bits per heavy atom. The van der Waals surface area contributed by atoms with Crippen molar-refractivity contribution in [3.63, 3.8) is 0 Å². The van der Waals surface area contributed by atoms with Crippen LogP contribution in [0.3, 0.4) is 0 Å². The highest BCUT2D eigenvalue weighted by molar-refractivity contribution is 7.89. The average molecular weight is 400 g/mol. The predicted octanol–water partition coefficient (Wildman–Crippen LogP) is 2.19. The lowest BCUT2D eigenvalue weighted by atomic mass is 9.72. The molecule has 2 atom stereocenters. The van der Waals surface area contributed by atoms with E-state index in [0.717, 1.165) is 11.3 Å². The molecule has 0 aliphatic carbocycles. The molecule has 0 bridgehead atoms. The summed E-state index contributed by atoms with van der Waals surface area (Å²) in [7, 11) is -2.03. The van der Waals surface area contributed by atoms with E-state index in [1.54, 1.807) is 18.0 Å². The molecule has 3 aliphatic rings. The second-order valence-electron chi connectivity index (χ2n) is 7.71. The third-order valence-corrected chi connectivity index (χ3v) is 7.92. The minimum atomic E-state index is -3.77. The highest BCUT2D eigenvalue weighted by Gasteiger charge is 2.56. The zero-order valence-electron chi connectivity index (χ0n) is 15.6. The van der Waals surface area contributed by atoms with Crippen LogP contribution in [0.2, 0.25) is 0 Å². The number of fused-ring (bicyclic) bond motifs is 4. The first-order chi connectivity index (χ1) is 13.3. The summed E-state index contributed by atoms with van der Waals surface area (Å²) in [6.07, 6.45) is 0. The van der Waals surface area contributed by atoms with Gasteiger partial charge in [-0.1, -0.05) is 18.2 Å². The van der Waals surface area contributed by atoms with Gasteiger partial charge in [-0.3, -0.25) is 4.79 Å². The number of hydrogen-bond acceptors (Lipinski definition) is 5. The van der Waals surface area contributed by atoms with Crippen molar-refractivity contribution in [2.24, 2.45) is 5.41 Å². The Morgan fingerprint density at radius 3 is 2.68 bits per heavy atom. The van der Waals surface area contributed by atoms with Gasteiger partial charge >= 0.3 is 0 Å². The number of nitrogens with zero attached hydrogens (tertiary/aromatic N) is 2. The fourth-order valence-electron chi connectivity index (χ4n) is 4.55. The van der Waals surface area contributed by atoms with Crippen molar-refractivity contribution >= 4 is 21.6 Å². The first-order valence-corrected chi connectivity index (χ1v) is 10.5. The molecule has 5 rings (SSSR count). The Hall–Kier alpha value is -2.58. The summed E-state index contributed by atoms with van der Waals surface area (Å²) in [6.45, 7) is 2.36. The number of amides is 1. The van der Waals surface area contributed by atoms with Crippen LogP contribution < -0.4 is 14.4 Å². The zero-order chi connectivity index (χ0) is 19.7. The number of anilines is 1. The molecule has 2 aromatic rings. The number of hydrogen-bond donors (Lipinski definition) is 0. The Morgan fingerprint density at radius 2 is 1.86 bits per heavy atom. The maximum absolute atomic E-state index is 13.3. The predicted molar refractivity (Wildman–Crippen MR) is 102 cm³/mol. The molecule has 0 saturated carbocycles. The Bertz CT molecular complexity index is 1100. The summed E-state index contributed by atoms with van der Waals surface area (Å²) in [5, 5.41) is 0. The molecular formula is C20H20N2O5S. The normalized spacial score (nSPS) is 26.3. The average Bonchev–Trinajstić information content (AvgIpc) is 3.31. The first kappa shape index (κ1) is 17.5. The van der Waals surface area contributed by atoms with Crippen molar-refractivity contribution in [3.05, 3.63) is 48.0 Å². The van der Waals surface area contributed by atoms with Crippen molar-refractivity contribution in [1.29, 1.82) is 0 Å². The molecule has 1 fully saturated rings. The molecule has 0 radical (unpaired) electrons. The maximum Gasteiger partial charge on any atom is 0.243 e. The monoisotopic (exact) mass is 400 g/mol. The maximum atomic E-state index is 13.3. The summed E-state index contributed by atoms with van der Waals surface area (Å²) in [4.78, 5) is 14.9. The van der Waals surface area contributed by atoms with E-state index in [-0.39, 0.29) is 36.6 Å². The van der Waals surface area contributed by atoms with Gasteiger partial charge in [-0.15, -0.1) is 0 Å². The van der Waals surface area contributed by atoms with E-state index in [1.807, 2.05) is 31.2 Å². The fourth-order valence-corrected chi connectivity index (χ4v) is 6.13. The van der Waals surface area contributed by atoms with Crippen LogP contribution in [0.25, 0.3) is 0 Å². The fraction of sp³-hybridized carbons (Fsp3) is 0.350. The summed E-state index contributed by atoms with van der Waals surface area (Å²) >= 11 is 0. The lowest BCUT2D eigenvalue weighted by molar-refractivity contribution is -0.127. The van der Waals surface area contributed by atoms with Crippen LogP contribution >= 0.6 is 0 Å². The first-order valence-electron chi connectivity index (χ1n) is 9.09. The van der Waals surface area contributed by atoms with Gasteiger partial charge in [0, 0.05) is 37.8 Å². The van der Waals surface area contributed by atoms with E-state index in [2.05, 4.69) is 0 Å². The van der Waals surface area contributed by atoms with Crippen LogP contribution in [-0.4, -0.2) is 45.6 Å². The molecule has 1 amide bonds. The van der Waals surface area contributed by atoms with E-state index in [4.69, 9.17) is 9.47 Å². The number of carbonyl (C=O) groups excluding carboxylic acids is 1. The van der Waals surface area contributed by atoms with E-state index in [0.29, 0.717) is 11.5 Å². The van der Waals surface area contributed by atoms with Crippen molar-refractivity contribution < 1.29 is 22.7 Å². The largest absolute Gasteiger partial charge is 0.454 e. The second-order valence-corrected chi connectivity index (χ2v) is 9.64. The van der Waals surface area contributed by atoms with Gasteiger partial charge in [0.15, 0.2) is 11.5 Å². The molecule has 0 spiro atoms. The molecule has 28 heavy (non-hydrogen) atoms. The number of sulfonamides is 1. The number of para-hydroxylation sites is 1. The molecule has 3 aliphatic heterocycles. The topological polar surface area (TPSA) is 76.2 Å². The summed E-state index contributed by atoms with van der Waals surface area (Å²) < 4.78 is 38.7. The van der Waals surface area contributed by atoms with Crippen LogP contribution in [0.4, 0.5) is 5.69 Å². The van der Waals surface area contributed by atoms with Gasteiger partial charge in [0.25, 0.3) is 0 Å². The highest BCUT2D eigenvalue weighted by atomic mass is 32.2. The molecule has 146 valence electrons. The van der Waals surface area contributed by atoms with Crippen LogP contribution in [0.15, 0.2) is 47.4 Å². The Labute approximate surface area is 163 Å². The van der Waals surface area contributed by atoms with Crippen LogP contribution in [0, 0.1) is 5.41 Å². The van der Waals surface area contributed by atoms with Crippen molar-refractivity contribution in [1.82, 2.24) is 4.31 Å². The Kier molecular flexibility index (Phi) is 3.57. The molecule has 3 heterocycles. The number of rotatable bonds is 2. The number of benzene rings is 2. The van der Waals surface area contributed by atoms with Gasteiger partial charge in [0.2, 0.25) is 22.7 Å². The SMILES string of the molecule is CN1C(=O)[C@]2(C)CN(S(=O)(=O)c3ccc4c(c3)OCO4)C[C@@H]2c2ccccc21. The van der Waals surface area contributed by atoms with Crippen LogP contribution in [0.5, 0.6) is 11.5 Å². The van der Waals surface area contributed by atoms with Gasteiger partial charge in [-0.05, 0) is 30.7 Å². The summed E-state index contributed by atoms with van der Waals surface area (Å²) in [5.74, 6) is 0.715. The Balaban J connectivity index is 1.55. The van der Waals surface area contributed by atoms with Crippen molar-refractivity contribution in [3.8, 4) is 11.5 Å². The molecule has 8 heteroatoms. The van der Waals surface area contributed by atoms with Gasteiger partial charge in [0.1, 0.15) is 0 Å². The van der Waals surface area contributed by atoms with Crippen LogP contribution in [0.1, 0.15) is 18.4 Å². The van der Waals surface area contributed by atoms with Crippen molar-refractivity contribution in [2.45, 2.75) is 17.7 Å². The van der Waals surface area contributed by atoms with E-state index < -0.39 is 15.4 Å². The van der Waals surface area contributed by atoms with Gasteiger partial charge < -0.3 is 14.4 Å². The quantitative estimate of drug-likeness (QED) is 0.772. The van der Waals surface area contributed by atoms with Crippen LogP contribution in [-0.2, 0) is 14.8 Å². The zero-order valence-corrected chi connectivity index (χ0v) is 16.4. The summed E-state index contributed by atoms with van der Waals surface area (Å²) in [6, 6.07) is 12.3. The molecule has 0 aromatic heterocycles. The van der Waals surface area contributed by atoms with E-state index in [9.17, 15) is 13.2 Å². The molecule has 2 aromatic carbocycles. The van der Waals surface area contributed by atoms with Gasteiger partial charge in [0.05, 0.1) is 10.3 Å². The van der Waals surface area contributed by atoms with E-state index in [1.165, 1.54) is 16.4 Å². The molecule has 7 nitrogen and oxygen atoms in total. The lowest BCUT2D eigenvalue weighted by Crippen LogP contribution is -2.48. The van der Waals surface area contributed by atoms with Crippen molar-refractivity contribution in [2.75, 3.05) is 31.8 Å². The minimum absolute atomic E-state index is 0.0559. The smallest absolute Gasteiger partial charge is 0.243 e. The van der Waals surface area contributed by atoms with E-state index >= 15 is 0 Å². The molecule has 0 N–H and O–H groups in total. The summed E-state index contributed by atoms with van der Waals surface area (Å²) in [5.41, 5.74) is 1.06. The minimum Gasteiger partial charge on any atom is -0.454 e. The highest BCUT2D eigenvalue weighted by Crippen LogP contribution is 2.51. The number of ether oxygens (including phenoxy) is 2.